The Morgan fingerprint density at radius 1 is 1.46 bits per heavy atom. The number of para-hydroxylation sites is 1. The molecular weight excluding hydrogens is 378 g/mol. The van der Waals surface area contributed by atoms with Crippen molar-refractivity contribution in [2.45, 2.75) is 13.3 Å². The minimum atomic E-state index is -0.181. The van der Waals surface area contributed by atoms with Crippen molar-refractivity contribution in [2.24, 2.45) is 13.0 Å². The van der Waals surface area contributed by atoms with Crippen LogP contribution in [0.25, 0.3) is 10.2 Å². The third-order valence-electron chi connectivity index (χ3n) is 5.02. The molecular formula is C20H21N3O4S. The Labute approximate surface area is 165 Å². The summed E-state index contributed by atoms with van der Waals surface area (Å²) >= 11 is 1.25. The zero-order valence-electron chi connectivity index (χ0n) is 15.9. The minimum absolute atomic E-state index is 0.135. The van der Waals surface area contributed by atoms with Crippen molar-refractivity contribution in [1.82, 2.24) is 14.9 Å². The summed E-state index contributed by atoms with van der Waals surface area (Å²) in [6.07, 6.45) is 2.29. The molecule has 1 amide bonds. The van der Waals surface area contributed by atoms with Gasteiger partial charge >= 0.3 is 0 Å². The molecule has 1 N–H and O–H groups in total. The number of carbonyl (C=O) groups is 1. The second kappa shape index (κ2) is 7.27. The van der Waals surface area contributed by atoms with E-state index in [1.165, 1.54) is 22.2 Å². The van der Waals surface area contributed by atoms with Crippen LogP contribution in [-0.4, -0.2) is 35.7 Å². The highest BCUT2D eigenvalue weighted by atomic mass is 32.1. The van der Waals surface area contributed by atoms with Gasteiger partial charge in [0, 0.05) is 19.5 Å². The lowest BCUT2D eigenvalue weighted by Crippen LogP contribution is -2.34. The van der Waals surface area contributed by atoms with Crippen LogP contribution in [0.2, 0.25) is 0 Å². The number of aryl methyl sites for hydroxylation is 2. The Morgan fingerprint density at radius 3 is 3.07 bits per heavy atom. The number of carbonyl (C=O) groups excluding carboxylic acids is 1. The van der Waals surface area contributed by atoms with E-state index in [1.54, 1.807) is 21.1 Å². The van der Waals surface area contributed by atoms with Gasteiger partial charge in [0.15, 0.2) is 11.5 Å². The highest BCUT2D eigenvalue weighted by molar-refractivity contribution is 7.20. The summed E-state index contributed by atoms with van der Waals surface area (Å²) < 4.78 is 12.6. The SMILES string of the molecule is COc1cccc2c1OCC(CNC(=O)c1sc3ncn(C)c(=O)c3c1C)C2. The van der Waals surface area contributed by atoms with E-state index >= 15 is 0 Å². The van der Waals surface area contributed by atoms with Crippen LogP contribution < -0.4 is 20.3 Å². The van der Waals surface area contributed by atoms with Crippen molar-refractivity contribution in [3.05, 3.63) is 50.9 Å². The zero-order valence-corrected chi connectivity index (χ0v) is 16.8. The highest BCUT2D eigenvalue weighted by Gasteiger charge is 2.24. The van der Waals surface area contributed by atoms with Gasteiger partial charge in [-0.1, -0.05) is 12.1 Å². The lowest BCUT2D eigenvalue weighted by atomic mass is 9.96. The van der Waals surface area contributed by atoms with Crippen LogP contribution >= 0.6 is 11.3 Å². The summed E-state index contributed by atoms with van der Waals surface area (Å²) in [7, 11) is 3.28. The number of hydrogen-bond donors (Lipinski definition) is 1. The summed E-state index contributed by atoms with van der Waals surface area (Å²) in [5, 5.41) is 3.50. The van der Waals surface area contributed by atoms with Gasteiger partial charge in [-0.25, -0.2) is 4.98 Å². The van der Waals surface area contributed by atoms with Crippen molar-refractivity contribution in [1.29, 1.82) is 0 Å². The van der Waals surface area contributed by atoms with E-state index in [9.17, 15) is 9.59 Å². The summed E-state index contributed by atoms with van der Waals surface area (Å²) in [6.45, 7) is 2.80. The predicted octanol–water partition coefficient (Wildman–Crippen LogP) is 2.29. The summed E-state index contributed by atoms with van der Waals surface area (Å²) in [4.78, 5) is 30.4. The number of amides is 1. The molecule has 0 aliphatic carbocycles. The third-order valence-corrected chi connectivity index (χ3v) is 6.22. The largest absolute Gasteiger partial charge is 0.493 e. The van der Waals surface area contributed by atoms with Gasteiger partial charge in [0.05, 0.1) is 30.3 Å². The van der Waals surface area contributed by atoms with Gasteiger partial charge in [-0.15, -0.1) is 11.3 Å². The first-order valence-corrected chi connectivity index (χ1v) is 9.82. The molecule has 0 spiro atoms. The lowest BCUT2D eigenvalue weighted by Gasteiger charge is -2.26. The van der Waals surface area contributed by atoms with E-state index in [0.717, 1.165) is 23.5 Å². The van der Waals surface area contributed by atoms with E-state index in [4.69, 9.17) is 9.47 Å². The summed E-state index contributed by atoms with van der Waals surface area (Å²) in [5.74, 6) is 1.51. The van der Waals surface area contributed by atoms with E-state index < -0.39 is 0 Å². The maximum Gasteiger partial charge on any atom is 0.262 e. The molecule has 1 aliphatic rings. The number of ether oxygens (including phenoxy) is 2. The molecule has 0 saturated heterocycles. The Bertz CT molecular complexity index is 1120. The molecule has 1 aromatic carbocycles. The van der Waals surface area contributed by atoms with Gasteiger partial charge < -0.3 is 19.4 Å². The number of fused-ring (bicyclic) bond motifs is 2. The summed E-state index contributed by atoms with van der Waals surface area (Å²) in [5.41, 5.74) is 1.63. The quantitative estimate of drug-likeness (QED) is 0.728. The molecule has 0 radical (unpaired) electrons. The Kier molecular flexibility index (Phi) is 4.80. The topological polar surface area (TPSA) is 82.4 Å². The molecule has 3 aromatic rings. The number of nitrogens with one attached hydrogen (secondary N) is 1. The molecule has 7 nitrogen and oxygen atoms in total. The van der Waals surface area contributed by atoms with E-state index in [2.05, 4.69) is 10.3 Å². The van der Waals surface area contributed by atoms with Crippen molar-refractivity contribution in [2.75, 3.05) is 20.3 Å². The van der Waals surface area contributed by atoms with Gasteiger partial charge in [-0.05, 0) is 30.5 Å². The van der Waals surface area contributed by atoms with Crippen molar-refractivity contribution >= 4 is 27.5 Å². The molecule has 146 valence electrons. The van der Waals surface area contributed by atoms with Crippen LogP contribution in [0.1, 0.15) is 20.8 Å². The monoisotopic (exact) mass is 399 g/mol. The molecule has 28 heavy (non-hydrogen) atoms. The van der Waals surface area contributed by atoms with Crippen molar-refractivity contribution in [3.8, 4) is 11.5 Å². The van der Waals surface area contributed by atoms with Crippen molar-refractivity contribution in [3.63, 3.8) is 0 Å². The van der Waals surface area contributed by atoms with E-state index in [-0.39, 0.29) is 17.4 Å². The molecule has 0 bridgehead atoms. The number of hydrogen-bond acceptors (Lipinski definition) is 6. The number of benzene rings is 1. The van der Waals surface area contributed by atoms with E-state index in [1.807, 2.05) is 18.2 Å². The first kappa shape index (κ1) is 18.5. The molecule has 4 rings (SSSR count). The minimum Gasteiger partial charge on any atom is -0.493 e. The molecule has 1 atom stereocenters. The first-order valence-electron chi connectivity index (χ1n) is 9.01. The fourth-order valence-corrected chi connectivity index (χ4v) is 4.55. The molecule has 0 fully saturated rings. The van der Waals surface area contributed by atoms with Crippen LogP contribution in [0.5, 0.6) is 11.5 Å². The normalized spacial score (nSPS) is 15.8. The lowest BCUT2D eigenvalue weighted by molar-refractivity contribution is 0.0942. The highest BCUT2D eigenvalue weighted by Crippen LogP contribution is 2.36. The smallest absolute Gasteiger partial charge is 0.262 e. The van der Waals surface area contributed by atoms with Crippen LogP contribution in [-0.2, 0) is 13.5 Å². The molecule has 1 aliphatic heterocycles. The number of nitrogens with zero attached hydrogens (tertiary/aromatic N) is 2. The maximum absolute atomic E-state index is 12.7. The fraction of sp³-hybridized carbons (Fsp3) is 0.350. The van der Waals surface area contributed by atoms with Crippen LogP contribution in [0.15, 0.2) is 29.3 Å². The number of methoxy groups -OCH3 is 1. The Hall–Kier alpha value is -2.87. The van der Waals surface area contributed by atoms with Gasteiger partial charge in [0.25, 0.3) is 11.5 Å². The fourth-order valence-electron chi connectivity index (χ4n) is 3.49. The Balaban J connectivity index is 1.48. The maximum atomic E-state index is 12.7. The second-order valence-electron chi connectivity index (χ2n) is 6.94. The van der Waals surface area contributed by atoms with Crippen LogP contribution in [0.4, 0.5) is 0 Å². The Morgan fingerprint density at radius 2 is 2.29 bits per heavy atom. The third kappa shape index (κ3) is 3.13. The van der Waals surface area contributed by atoms with Gasteiger partial charge in [-0.2, -0.15) is 0 Å². The number of rotatable bonds is 4. The molecule has 3 heterocycles. The van der Waals surface area contributed by atoms with E-state index in [0.29, 0.717) is 33.8 Å². The molecule has 2 aromatic heterocycles. The van der Waals surface area contributed by atoms with Gasteiger partial charge in [-0.3, -0.25) is 9.59 Å². The number of thiophene rings is 1. The van der Waals surface area contributed by atoms with Crippen molar-refractivity contribution < 1.29 is 14.3 Å². The average molecular weight is 399 g/mol. The molecule has 8 heteroatoms. The van der Waals surface area contributed by atoms with Gasteiger partial charge in [0.2, 0.25) is 0 Å². The summed E-state index contributed by atoms with van der Waals surface area (Å²) in [6, 6.07) is 5.84. The molecule has 1 unspecified atom stereocenters. The second-order valence-corrected chi connectivity index (χ2v) is 7.94. The molecule has 0 saturated carbocycles. The standard InChI is InChI=1S/C20H21N3O4S/c1-11-15-19(22-10-23(2)20(15)25)28-17(11)18(24)21-8-12-7-13-5-4-6-14(26-3)16(13)27-9-12/h4-6,10,12H,7-9H2,1-3H3,(H,21,24). The average Bonchev–Trinajstić information content (AvgIpc) is 3.05. The first-order chi connectivity index (χ1) is 13.5. The van der Waals surface area contributed by atoms with Crippen LogP contribution in [0.3, 0.4) is 0 Å². The predicted molar refractivity (Wildman–Crippen MR) is 108 cm³/mol. The van der Waals surface area contributed by atoms with Gasteiger partial charge in [0.1, 0.15) is 4.83 Å². The zero-order chi connectivity index (χ0) is 19.8. The number of aromatic nitrogens is 2. The van der Waals surface area contributed by atoms with Crippen LogP contribution in [0, 0.1) is 12.8 Å².